The molecule has 33 heavy (non-hydrogen) atoms. The van der Waals surface area contributed by atoms with Crippen LogP contribution in [0.5, 0.6) is 5.19 Å². The first-order chi connectivity index (χ1) is 15.7. The zero-order chi connectivity index (χ0) is 23.4. The van der Waals surface area contributed by atoms with Gasteiger partial charge in [0, 0.05) is 28.9 Å². The maximum Gasteiger partial charge on any atom is 0.422 e. The highest BCUT2D eigenvalue weighted by atomic mass is 32.1. The summed E-state index contributed by atoms with van der Waals surface area (Å²) in [4.78, 5) is 20.9. The molecular weight excluding hydrogens is 473 g/mol. The maximum atomic E-state index is 12.4. The molecule has 6 nitrogen and oxygen atoms in total. The zero-order valence-electron chi connectivity index (χ0n) is 18.6. The Bertz CT molecular complexity index is 938. The maximum absolute atomic E-state index is 12.4. The Morgan fingerprint density at radius 1 is 1.30 bits per heavy atom. The molecule has 0 atom stereocenters. The van der Waals surface area contributed by atoms with Crippen LogP contribution in [-0.4, -0.2) is 52.1 Å². The van der Waals surface area contributed by atoms with E-state index < -0.39 is 12.8 Å². The molecule has 0 radical (unpaired) electrons. The van der Waals surface area contributed by atoms with Crippen molar-refractivity contribution < 1.29 is 22.7 Å². The lowest BCUT2D eigenvalue weighted by atomic mass is 9.84. The van der Waals surface area contributed by atoms with E-state index in [2.05, 4.69) is 19.6 Å². The Kier molecular flexibility index (Phi) is 7.91. The highest BCUT2D eigenvalue weighted by Crippen LogP contribution is 2.32. The van der Waals surface area contributed by atoms with Crippen LogP contribution in [0.15, 0.2) is 6.07 Å². The number of hydrogen-bond donors (Lipinski definition) is 1. The molecule has 1 fully saturated rings. The number of hydrogen-bond acceptors (Lipinski definition) is 7. The first kappa shape index (κ1) is 24.4. The minimum Gasteiger partial charge on any atom is -0.460 e. The van der Waals surface area contributed by atoms with Crippen LogP contribution < -0.4 is 10.1 Å². The highest BCUT2D eigenvalue weighted by Gasteiger charge is 2.30. The first-order valence-corrected chi connectivity index (χ1v) is 12.9. The van der Waals surface area contributed by atoms with Crippen LogP contribution in [0.3, 0.4) is 0 Å². The molecule has 2 aromatic heterocycles. The van der Waals surface area contributed by atoms with E-state index >= 15 is 0 Å². The van der Waals surface area contributed by atoms with Crippen LogP contribution in [0.4, 0.5) is 13.2 Å². The molecule has 1 amide bonds. The van der Waals surface area contributed by atoms with Crippen molar-refractivity contribution in [2.24, 2.45) is 5.92 Å². The third kappa shape index (κ3) is 7.38. The fourth-order valence-electron chi connectivity index (χ4n) is 4.52. The number of carbonyl (C=O) groups excluding carboxylic acids is 1. The number of nitrogens with one attached hydrogen (secondary N) is 1. The zero-order valence-corrected chi connectivity index (χ0v) is 20.3. The fraction of sp³-hybridized carbons (Fsp3) is 0.682. The second-order valence-electron chi connectivity index (χ2n) is 8.96. The van der Waals surface area contributed by atoms with E-state index in [-0.39, 0.29) is 17.1 Å². The van der Waals surface area contributed by atoms with Crippen molar-refractivity contribution in [3.05, 3.63) is 27.2 Å². The van der Waals surface area contributed by atoms with Gasteiger partial charge in [0.25, 0.3) is 5.19 Å². The molecule has 0 unspecified atom stereocenters. The summed E-state index contributed by atoms with van der Waals surface area (Å²) < 4.78 is 46.1. The van der Waals surface area contributed by atoms with Crippen LogP contribution >= 0.6 is 22.9 Å². The lowest BCUT2D eigenvalue weighted by molar-refractivity contribution is -0.153. The van der Waals surface area contributed by atoms with Gasteiger partial charge in [-0.2, -0.15) is 17.5 Å². The molecule has 182 valence electrons. The summed E-state index contributed by atoms with van der Waals surface area (Å²) in [7, 11) is 0. The van der Waals surface area contributed by atoms with Gasteiger partial charge >= 0.3 is 6.18 Å². The highest BCUT2D eigenvalue weighted by molar-refractivity contribution is 7.13. The van der Waals surface area contributed by atoms with E-state index in [1.54, 1.807) is 0 Å². The molecule has 0 spiro atoms. The Morgan fingerprint density at radius 3 is 2.79 bits per heavy atom. The molecule has 1 N–H and O–H groups in total. The van der Waals surface area contributed by atoms with Crippen molar-refractivity contribution in [1.82, 2.24) is 19.6 Å². The molecule has 11 heteroatoms. The second-order valence-corrected chi connectivity index (χ2v) is 10.9. The predicted octanol–water partition coefficient (Wildman–Crippen LogP) is 4.52. The number of fused-ring (bicyclic) bond motifs is 1. The number of alkyl halides is 3. The van der Waals surface area contributed by atoms with Crippen molar-refractivity contribution in [2.45, 2.75) is 70.6 Å². The Balaban J connectivity index is 1.15. The lowest BCUT2D eigenvalue weighted by Gasteiger charge is -2.32. The molecule has 2 aromatic rings. The second kappa shape index (κ2) is 10.7. The summed E-state index contributed by atoms with van der Waals surface area (Å²) in [6.07, 6.45) is 2.19. The van der Waals surface area contributed by atoms with E-state index in [9.17, 15) is 18.0 Å². The van der Waals surface area contributed by atoms with Crippen LogP contribution in [0, 0.1) is 12.8 Å². The van der Waals surface area contributed by atoms with Crippen LogP contribution in [0.25, 0.3) is 0 Å². The minimum absolute atomic E-state index is 0.0769. The van der Waals surface area contributed by atoms with Gasteiger partial charge in [-0.15, -0.1) is 0 Å². The number of thiazole rings is 1. The summed E-state index contributed by atoms with van der Waals surface area (Å²) in [5, 5.41) is 3.29. The summed E-state index contributed by atoms with van der Waals surface area (Å²) in [5.41, 5.74) is 1.81. The normalized spacial score (nSPS) is 21.6. The topological polar surface area (TPSA) is 67.4 Å². The number of ether oxygens (including phenoxy) is 1. The molecular formula is C22H29F3N4O2S2. The lowest BCUT2D eigenvalue weighted by Crippen LogP contribution is -2.39. The number of halogens is 3. The number of aryl methyl sites for hydroxylation is 1. The van der Waals surface area contributed by atoms with Crippen molar-refractivity contribution >= 4 is 28.8 Å². The van der Waals surface area contributed by atoms with Gasteiger partial charge in [0.15, 0.2) is 6.61 Å². The number of aromatic nitrogens is 2. The quantitative estimate of drug-likeness (QED) is 0.575. The van der Waals surface area contributed by atoms with Crippen LogP contribution in [0.2, 0.25) is 0 Å². The Labute approximate surface area is 199 Å². The van der Waals surface area contributed by atoms with Crippen molar-refractivity contribution in [3.63, 3.8) is 0 Å². The van der Waals surface area contributed by atoms with E-state index in [1.165, 1.54) is 22.9 Å². The Morgan fingerprint density at radius 2 is 2.09 bits per heavy atom. The predicted molar refractivity (Wildman–Crippen MR) is 122 cm³/mol. The molecule has 1 aliphatic carbocycles. The van der Waals surface area contributed by atoms with E-state index in [4.69, 9.17) is 4.74 Å². The molecule has 1 saturated carbocycles. The fourth-order valence-corrected chi connectivity index (χ4v) is 6.16. The molecule has 1 aliphatic heterocycles. The van der Waals surface area contributed by atoms with Gasteiger partial charge < -0.3 is 10.1 Å². The molecule has 0 aromatic carbocycles. The van der Waals surface area contributed by atoms with Crippen molar-refractivity contribution in [1.29, 1.82) is 0 Å². The van der Waals surface area contributed by atoms with Gasteiger partial charge in [-0.25, -0.2) is 4.98 Å². The van der Waals surface area contributed by atoms with Gasteiger partial charge in [0.05, 0.1) is 17.8 Å². The van der Waals surface area contributed by atoms with Crippen molar-refractivity contribution in [3.8, 4) is 5.19 Å². The van der Waals surface area contributed by atoms with E-state index in [0.29, 0.717) is 18.9 Å². The number of carbonyl (C=O) groups is 1. The van der Waals surface area contributed by atoms with E-state index in [0.717, 1.165) is 72.8 Å². The van der Waals surface area contributed by atoms with Gasteiger partial charge in [0.2, 0.25) is 5.91 Å². The molecule has 4 rings (SSSR count). The third-order valence-corrected chi connectivity index (χ3v) is 8.17. The number of nitrogens with zero attached hydrogens (tertiary/aromatic N) is 3. The minimum atomic E-state index is -4.35. The average Bonchev–Trinajstić information content (AvgIpc) is 3.36. The average molecular weight is 503 g/mol. The summed E-state index contributed by atoms with van der Waals surface area (Å²) >= 11 is 2.62. The van der Waals surface area contributed by atoms with E-state index in [1.807, 2.05) is 13.0 Å². The standard InChI is InChI=1S/C22H29F3N4O2S2/c1-14-10-17(33-28-14)11-20(30)26-16-4-2-15(3-5-16)6-8-29-9-7-19-18(12-29)27-21(32-19)31-13-22(23,24)25/h10,15-16H,2-9,11-13H2,1H3,(H,26,30). The van der Waals surface area contributed by atoms with Crippen molar-refractivity contribution in [2.75, 3.05) is 19.7 Å². The molecule has 0 saturated heterocycles. The van der Waals surface area contributed by atoms with Gasteiger partial charge in [0.1, 0.15) is 0 Å². The third-order valence-electron chi connectivity index (χ3n) is 6.22. The molecule has 2 aliphatic rings. The SMILES string of the molecule is Cc1cc(CC(=O)NC2CCC(CCN3CCc4sc(OCC(F)(F)F)nc4C3)CC2)sn1. The van der Waals surface area contributed by atoms with Crippen LogP contribution in [0.1, 0.15) is 53.2 Å². The summed E-state index contributed by atoms with van der Waals surface area (Å²) in [6, 6.07) is 2.22. The summed E-state index contributed by atoms with van der Waals surface area (Å²) in [6.45, 7) is 3.17. The van der Waals surface area contributed by atoms with Crippen LogP contribution in [-0.2, 0) is 24.2 Å². The monoisotopic (exact) mass is 502 g/mol. The molecule has 0 bridgehead atoms. The van der Waals surface area contributed by atoms with Gasteiger partial charge in [-0.1, -0.05) is 11.3 Å². The van der Waals surface area contributed by atoms with Gasteiger partial charge in [-0.05, 0) is 75.5 Å². The largest absolute Gasteiger partial charge is 0.460 e. The first-order valence-electron chi connectivity index (χ1n) is 11.4. The molecule has 3 heterocycles. The number of amides is 1. The number of rotatable bonds is 8. The smallest absolute Gasteiger partial charge is 0.422 e. The summed E-state index contributed by atoms with van der Waals surface area (Å²) in [5.74, 6) is 0.720. The van der Waals surface area contributed by atoms with Gasteiger partial charge in [-0.3, -0.25) is 9.69 Å². The Hall–Kier alpha value is -1.72.